The molecule has 0 unspecified atom stereocenters. The molecule has 0 bridgehead atoms. The average Bonchev–Trinajstić information content (AvgIpc) is 2.38. The Hall–Kier alpha value is -0.830. The molecule has 1 aromatic carbocycles. The average molecular weight is 340 g/mol. The van der Waals surface area contributed by atoms with Gasteiger partial charge in [-0.15, -0.1) is 0 Å². The standard InChI is InChI=1S/C17H26BrNO/c1-13(2)7-9-19(10-8-14(3)4)16-6-5-15(12-20)17(18)11-16/h5-6,11-14H,7-10H2,1-4H3. The summed E-state index contributed by atoms with van der Waals surface area (Å²) in [6, 6.07) is 6.00. The Labute approximate surface area is 131 Å². The van der Waals surface area contributed by atoms with E-state index in [2.05, 4.69) is 60.7 Å². The first-order valence-corrected chi connectivity index (χ1v) is 8.23. The van der Waals surface area contributed by atoms with Crippen molar-refractivity contribution in [3.05, 3.63) is 28.2 Å². The fourth-order valence-electron chi connectivity index (χ4n) is 2.01. The summed E-state index contributed by atoms with van der Waals surface area (Å²) >= 11 is 3.48. The number of hydrogen-bond donors (Lipinski definition) is 0. The molecule has 0 atom stereocenters. The summed E-state index contributed by atoms with van der Waals surface area (Å²) in [6.07, 6.45) is 3.26. The van der Waals surface area contributed by atoms with E-state index in [9.17, 15) is 4.79 Å². The lowest BCUT2D eigenvalue weighted by Crippen LogP contribution is -2.27. The number of rotatable bonds is 8. The molecule has 20 heavy (non-hydrogen) atoms. The van der Waals surface area contributed by atoms with Crippen LogP contribution < -0.4 is 4.90 Å². The summed E-state index contributed by atoms with van der Waals surface area (Å²) < 4.78 is 0.879. The lowest BCUT2D eigenvalue weighted by molar-refractivity contribution is 0.112. The molecular formula is C17H26BrNO. The molecule has 0 saturated heterocycles. The Kier molecular flexibility index (Phi) is 7.28. The Morgan fingerprint density at radius 1 is 1.10 bits per heavy atom. The largest absolute Gasteiger partial charge is 0.371 e. The van der Waals surface area contributed by atoms with Gasteiger partial charge in [0.1, 0.15) is 0 Å². The third-order valence-electron chi connectivity index (χ3n) is 3.43. The number of halogens is 1. The van der Waals surface area contributed by atoms with Gasteiger partial charge in [0.2, 0.25) is 0 Å². The molecule has 2 nitrogen and oxygen atoms in total. The van der Waals surface area contributed by atoms with Crippen molar-refractivity contribution in [1.82, 2.24) is 0 Å². The van der Waals surface area contributed by atoms with Gasteiger partial charge in [-0.05, 0) is 58.8 Å². The van der Waals surface area contributed by atoms with Crippen LogP contribution in [0.15, 0.2) is 22.7 Å². The second-order valence-electron chi connectivity index (χ2n) is 6.18. The monoisotopic (exact) mass is 339 g/mol. The van der Waals surface area contributed by atoms with Gasteiger partial charge in [-0.3, -0.25) is 4.79 Å². The van der Waals surface area contributed by atoms with Crippen LogP contribution in [0.2, 0.25) is 0 Å². The zero-order chi connectivity index (χ0) is 15.1. The van der Waals surface area contributed by atoms with Crippen LogP contribution in [0, 0.1) is 11.8 Å². The molecule has 0 aliphatic carbocycles. The summed E-state index contributed by atoms with van der Waals surface area (Å²) in [7, 11) is 0. The van der Waals surface area contributed by atoms with E-state index in [1.54, 1.807) is 0 Å². The predicted octanol–water partition coefficient (Wildman–Crippen LogP) is 5.16. The molecule has 0 radical (unpaired) electrons. The third-order valence-corrected chi connectivity index (χ3v) is 4.12. The maximum atomic E-state index is 10.9. The molecule has 112 valence electrons. The van der Waals surface area contributed by atoms with Crippen molar-refractivity contribution in [2.75, 3.05) is 18.0 Å². The van der Waals surface area contributed by atoms with Crippen LogP contribution in [0.3, 0.4) is 0 Å². The minimum atomic E-state index is 0.703. The third kappa shape index (κ3) is 5.66. The minimum Gasteiger partial charge on any atom is -0.371 e. The summed E-state index contributed by atoms with van der Waals surface area (Å²) in [5, 5.41) is 0. The highest BCUT2D eigenvalue weighted by Crippen LogP contribution is 2.24. The maximum absolute atomic E-state index is 10.9. The van der Waals surface area contributed by atoms with Crippen molar-refractivity contribution >= 4 is 27.9 Å². The van der Waals surface area contributed by atoms with E-state index in [0.29, 0.717) is 17.4 Å². The van der Waals surface area contributed by atoms with Gasteiger partial charge in [-0.25, -0.2) is 0 Å². The second kappa shape index (κ2) is 8.46. The number of anilines is 1. The summed E-state index contributed by atoms with van der Waals surface area (Å²) in [4.78, 5) is 13.3. The number of hydrogen-bond acceptors (Lipinski definition) is 2. The maximum Gasteiger partial charge on any atom is 0.151 e. The first-order chi connectivity index (χ1) is 9.43. The van der Waals surface area contributed by atoms with Gasteiger partial charge in [0.15, 0.2) is 6.29 Å². The normalized spacial score (nSPS) is 11.2. The van der Waals surface area contributed by atoms with Crippen molar-refractivity contribution < 1.29 is 4.79 Å². The molecule has 0 aliphatic rings. The fourth-order valence-corrected chi connectivity index (χ4v) is 2.47. The molecule has 0 aliphatic heterocycles. The van der Waals surface area contributed by atoms with Crippen molar-refractivity contribution in [3.8, 4) is 0 Å². The Morgan fingerprint density at radius 2 is 1.65 bits per heavy atom. The first kappa shape index (κ1) is 17.2. The quantitative estimate of drug-likeness (QED) is 0.609. The lowest BCUT2D eigenvalue weighted by Gasteiger charge is -2.27. The minimum absolute atomic E-state index is 0.703. The van der Waals surface area contributed by atoms with E-state index in [-0.39, 0.29) is 0 Å². The zero-order valence-corrected chi connectivity index (χ0v) is 14.6. The van der Waals surface area contributed by atoms with Crippen molar-refractivity contribution in [2.24, 2.45) is 11.8 Å². The van der Waals surface area contributed by atoms with Crippen LogP contribution in [0.25, 0.3) is 0 Å². The second-order valence-corrected chi connectivity index (χ2v) is 7.03. The molecule has 0 heterocycles. The molecule has 1 aromatic rings. The molecule has 0 aromatic heterocycles. The van der Waals surface area contributed by atoms with E-state index >= 15 is 0 Å². The highest BCUT2D eigenvalue weighted by Gasteiger charge is 2.10. The summed E-state index contributed by atoms with van der Waals surface area (Å²) in [5.74, 6) is 1.41. The lowest BCUT2D eigenvalue weighted by atomic mass is 10.1. The number of benzene rings is 1. The van der Waals surface area contributed by atoms with Crippen LogP contribution >= 0.6 is 15.9 Å². The van der Waals surface area contributed by atoms with Crippen molar-refractivity contribution in [1.29, 1.82) is 0 Å². The molecule has 0 amide bonds. The Morgan fingerprint density at radius 3 is 2.05 bits per heavy atom. The van der Waals surface area contributed by atoms with Crippen LogP contribution in [0.1, 0.15) is 50.9 Å². The fraction of sp³-hybridized carbons (Fsp3) is 0.588. The van der Waals surface area contributed by atoms with E-state index in [0.717, 1.165) is 23.8 Å². The summed E-state index contributed by atoms with van der Waals surface area (Å²) in [6.45, 7) is 11.2. The molecule has 0 N–H and O–H groups in total. The number of aldehydes is 1. The molecule has 1 rings (SSSR count). The van der Waals surface area contributed by atoms with Gasteiger partial charge in [0.25, 0.3) is 0 Å². The topological polar surface area (TPSA) is 20.3 Å². The van der Waals surface area contributed by atoms with Gasteiger partial charge < -0.3 is 4.90 Å². The Bertz CT molecular complexity index is 417. The van der Waals surface area contributed by atoms with Crippen molar-refractivity contribution in [3.63, 3.8) is 0 Å². The van der Waals surface area contributed by atoms with Crippen molar-refractivity contribution in [2.45, 2.75) is 40.5 Å². The van der Waals surface area contributed by atoms with Crippen LogP contribution in [-0.4, -0.2) is 19.4 Å². The highest BCUT2D eigenvalue weighted by molar-refractivity contribution is 9.10. The number of carbonyl (C=O) groups excluding carboxylic acids is 1. The van der Waals surface area contributed by atoms with Gasteiger partial charge >= 0.3 is 0 Å². The van der Waals surface area contributed by atoms with Crippen LogP contribution in [-0.2, 0) is 0 Å². The SMILES string of the molecule is CC(C)CCN(CCC(C)C)c1ccc(C=O)c(Br)c1. The zero-order valence-electron chi connectivity index (χ0n) is 13.0. The van der Waals surface area contributed by atoms with Crippen LogP contribution in [0.4, 0.5) is 5.69 Å². The first-order valence-electron chi connectivity index (χ1n) is 7.43. The molecule has 0 spiro atoms. The molecule has 0 fully saturated rings. The van der Waals surface area contributed by atoms with E-state index in [1.807, 2.05) is 6.07 Å². The van der Waals surface area contributed by atoms with Crippen LogP contribution in [0.5, 0.6) is 0 Å². The Balaban J connectivity index is 2.84. The number of nitrogens with zero attached hydrogens (tertiary/aromatic N) is 1. The van der Waals surface area contributed by atoms with Gasteiger partial charge in [0.05, 0.1) is 0 Å². The summed E-state index contributed by atoms with van der Waals surface area (Å²) in [5.41, 5.74) is 1.91. The van der Waals surface area contributed by atoms with E-state index < -0.39 is 0 Å². The predicted molar refractivity (Wildman–Crippen MR) is 90.7 cm³/mol. The molecule has 3 heteroatoms. The van der Waals surface area contributed by atoms with Gasteiger partial charge in [0, 0.05) is 28.8 Å². The number of carbonyl (C=O) groups is 1. The smallest absolute Gasteiger partial charge is 0.151 e. The molecule has 0 saturated carbocycles. The van der Waals surface area contributed by atoms with E-state index in [1.165, 1.54) is 18.5 Å². The van der Waals surface area contributed by atoms with E-state index in [4.69, 9.17) is 0 Å². The van der Waals surface area contributed by atoms with Gasteiger partial charge in [-0.1, -0.05) is 27.7 Å². The highest BCUT2D eigenvalue weighted by atomic mass is 79.9. The molecular weight excluding hydrogens is 314 g/mol. The van der Waals surface area contributed by atoms with Gasteiger partial charge in [-0.2, -0.15) is 0 Å².